The highest BCUT2D eigenvalue weighted by molar-refractivity contribution is 6.06. The summed E-state index contributed by atoms with van der Waals surface area (Å²) in [5.41, 5.74) is 6.95. The average Bonchev–Trinajstić information content (AvgIpc) is 2.42. The van der Waals surface area contributed by atoms with E-state index < -0.39 is 11.7 Å². The van der Waals surface area contributed by atoms with Gasteiger partial charge in [0.05, 0.1) is 5.56 Å². The van der Waals surface area contributed by atoms with Gasteiger partial charge in [0, 0.05) is 12.2 Å². The first-order valence-electron chi connectivity index (χ1n) is 5.73. The minimum atomic E-state index is -0.505. The lowest BCUT2D eigenvalue weighted by atomic mass is 10.1. The van der Waals surface area contributed by atoms with Crippen molar-refractivity contribution >= 4 is 11.6 Å². The minimum Gasteiger partial charge on any atom is -0.504 e. The van der Waals surface area contributed by atoms with E-state index in [1.165, 1.54) is 18.2 Å². The fourth-order valence-electron chi connectivity index (χ4n) is 1.72. The predicted octanol–water partition coefficient (Wildman–Crippen LogP) is 1.81. The van der Waals surface area contributed by atoms with E-state index in [0.717, 1.165) is 5.56 Å². The van der Waals surface area contributed by atoms with E-state index in [4.69, 9.17) is 5.73 Å². The summed E-state index contributed by atoms with van der Waals surface area (Å²) < 4.78 is 0. The van der Waals surface area contributed by atoms with E-state index in [2.05, 4.69) is 5.32 Å². The van der Waals surface area contributed by atoms with Gasteiger partial charge in [0.2, 0.25) is 0 Å². The number of phenols is 2. The van der Waals surface area contributed by atoms with Gasteiger partial charge in [0.15, 0.2) is 11.5 Å². The van der Waals surface area contributed by atoms with Crippen LogP contribution in [0.1, 0.15) is 15.9 Å². The third kappa shape index (κ3) is 2.66. The van der Waals surface area contributed by atoms with Crippen molar-refractivity contribution in [1.82, 2.24) is 0 Å². The van der Waals surface area contributed by atoms with E-state index >= 15 is 0 Å². The first-order valence-corrected chi connectivity index (χ1v) is 5.73. The molecule has 0 aliphatic rings. The molecular weight excluding hydrogens is 244 g/mol. The number of aromatic hydroxyl groups is 2. The van der Waals surface area contributed by atoms with Gasteiger partial charge in [-0.25, -0.2) is 0 Å². The lowest BCUT2D eigenvalue weighted by molar-refractivity contribution is 0.102. The second kappa shape index (κ2) is 5.41. The zero-order valence-corrected chi connectivity index (χ0v) is 10.1. The molecule has 98 valence electrons. The summed E-state index contributed by atoms with van der Waals surface area (Å²) in [4.78, 5) is 12.0. The van der Waals surface area contributed by atoms with Gasteiger partial charge >= 0.3 is 0 Å². The summed E-state index contributed by atoms with van der Waals surface area (Å²) >= 11 is 0. The topological polar surface area (TPSA) is 95.6 Å². The second-order valence-electron chi connectivity index (χ2n) is 3.99. The van der Waals surface area contributed by atoms with Gasteiger partial charge < -0.3 is 21.3 Å². The number of hydrogen-bond donors (Lipinski definition) is 4. The van der Waals surface area contributed by atoms with Crippen molar-refractivity contribution < 1.29 is 15.0 Å². The Morgan fingerprint density at radius 2 is 1.84 bits per heavy atom. The van der Waals surface area contributed by atoms with Crippen molar-refractivity contribution in [2.75, 3.05) is 5.32 Å². The molecule has 5 heteroatoms. The third-order valence-electron chi connectivity index (χ3n) is 2.74. The molecular formula is C14H14N2O3. The Balaban J connectivity index is 2.28. The molecule has 0 heterocycles. The number of nitrogens with one attached hydrogen (secondary N) is 1. The van der Waals surface area contributed by atoms with Crippen LogP contribution in [-0.2, 0) is 6.54 Å². The van der Waals surface area contributed by atoms with Crippen LogP contribution in [0, 0.1) is 0 Å². The maximum Gasteiger partial charge on any atom is 0.259 e. The fraction of sp³-hybridized carbons (Fsp3) is 0.0714. The molecule has 0 atom stereocenters. The monoisotopic (exact) mass is 258 g/mol. The Hall–Kier alpha value is -2.53. The maximum atomic E-state index is 12.0. The van der Waals surface area contributed by atoms with E-state index in [1.54, 1.807) is 18.2 Å². The molecule has 2 rings (SSSR count). The van der Waals surface area contributed by atoms with Crippen LogP contribution in [0.4, 0.5) is 5.69 Å². The number of anilines is 1. The molecule has 0 saturated heterocycles. The van der Waals surface area contributed by atoms with Crippen LogP contribution in [0.2, 0.25) is 0 Å². The predicted molar refractivity (Wildman–Crippen MR) is 72.1 cm³/mol. The lowest BCUT2D eigenvalue weighted by Crippen LogP contribution is -2.14. The molecule has 5 nitrogen and oxygen atoms in total. The number of para-hydroxylation sites is 2. The molecule has 0 spiro atoms. The van der Waals surface area contributed by atoms with Crippen LogP contribution in [0.5, 0.6) is 11.5 Å². The van der Waals surface area contributed by atoms with Crippen LogP contribution in [-0.4, -0.2) is 16.1 Å². The Morgan fingerprint density at radius 3 is 2.58 bits per heavy atom. The summed E-state index contributed by atoms with van der Waals surface area (Å²) in [7, 11) is 0. The smallest absolute Gasteiger partial charge is 0.259 e. The molecule has 19 heavy (non-hydrogen) atoms. The molecule has 0 aromatic heterocycles. The summed E-state index contributed by atoms with van der Waals surface area (Å²) in [5.74, 6) is -1.28. The molecule has 1 amide bonds. The molecule has 2 aromatic carbocycles. The molecule has 2 aromatic rings. The lowest BCUT2D eigenvalue weighted by Gasteiger charge is -2.10. The first kappa shape index (κ1) is 12.9. The zero-order chi connectivity index (χ0) is 13.8. The Bertz CT molecular complexity index is 611. The van der Waals surface area contributed by atoms with E-state index in [9.17, 15) is 15.0 Å². The van der Waals surface area contributed by atoms with E-state index in [-0.39, 0.29) is 11.3 Å². The highest BCUT2D eigenvalue weighted by atomic mass is 16.3. The molecule has 0 bridgehead atoms. The first-order chi connectivity index (χ1) is 9.13. The van der Waals surface area contributed by atoms with Crippen molar-refractivity contribution in [3.63, 3.8) is 0 Å². The van der Waals surface area contributed by atoms with Crippen LogP contribution in [0.25, 0.3) is 0 Å². The standard InChI is InChI=1S/C14H14N2O3/c15-8-9-4-1-2-6-11(9)16-14(19)10-5-3-7-12(17)13(10)18/h1-7,17-18H,8,15H2,(H,16,19). The highest BCUT2D eigenvalue weighted by Crippen LogP contribution is 2.29. The van der Waals surface area contributed by atoms with Gasteiger partial charge in [-0.05, 0) is 23.8 Å². The van der Waals surface area contributed by atoms with Crippen LogP contribution < -0.4 is 11.1 Å². The number of hydrogen-bond acceptors (Lipinski definition) is 4. The molecule has 0 unspecified atom stereocenters. The fourth-order valence-corrected chi connectivity index (χ4v) is 1.72. The van der Waals surface area contributed by atoms with Crippen LogP contribution in [0.3, 0.4) is 0 Å². The summed E-state index contributed by atoms with van der Waals surface area (Å²) in [5, 5.41) is 21.7. The summed E-state index contributed by atoms with van der Waals surface area (Å²) in [6, 6.07) is 11.3. The SMILES string of the molecule is NCc1ccccc1NC(=O)c1cccc(O)c1O. The maximum absolute atomic E-state index is 12.0. The molecule has 0 saturated carbocycles. The Kier molecular flexibility index (Phi) is 3.68. The molecule has 0 fully saturated rings. The number of carbonyl (C=O) groups is 1. The zero-order valence-electron chi connectivity index (χ0n) is 10.1. The summed E-state index contributed by atoms with van der Waals surface area (Å²) in [6.45, 7) is 0.294. The van der Waals surface area contributed by atoms with Gasteiger partial charge in [-0.2, -0.15) is 0 Å². The van der Waals surface area contributed by atoms with Gasteiger partial charge in [-0.1, -0.05) is 24.3 Å². The Labute approximate surface area is 110 Å². The van der Waals surface area contributed by atoms with Crippen molar-refractivity contribution in [2.45, 2.75) is 6.54 Å². The van der Waals surface area contributed by atoms with Crippen molar-refractivity contribution in [2.24, 2.45) is 5.73 Å². The number of phenolic OH excluding ortho intramolecular Hbond substituents is 2. The van der Waals surface area contributed by atoms with E-state index in [1.807, 2.05) is 6.07 Å². The normalized spacial score (nSPS) is 10.2. The largest absolute Gasteiger partial charge is 0.504 e. The molecule has 0 aliphatic carbocycles. The summed E-state index contributed by atoms with van der Waals surface area (Å²) in [6.07, 6.45) is 0. The molecule has 0 aliphatic heterocycles. The van der Waals surface area contributed by atoms with Crippen LogP contribution >= 0.6 is 0 Å². The van der Waals surface area contributed by atoms with Gasteiger partial charge in [0.25, 0.3) is 5.91 Å². The quantitative estimate of drug-likeness (QED) is 0.631. The van der Waals surface area contributed by atoms with Gasteiger partial charge in [-0.15, -0.1) is 0 Å². The molecule has 5 N–H and O–H groups in total. The number of benzene rings is 2. The van der Waals surface area contributed by atoms with Crippen molar-refractivity contribution in [3.05, 3.63) is 53.6 Å². The van der Waals surface area contributed by atoms with Gasteiger partial charge in [0.1, 0.15) is 0 Å². The second-order valence-corrected chi connectivity index (χ2v) is 3.99. The number of nitrogens with two attached hydrogens (primary N) is 1. The Morgan fingerprint density at radius 1 is 1.11 bits per heavy atom. The molecule has 0 radical (unpaired) electrons. The number of carbonyl (C=O) groups excluding carboxylic acids is 1. The van der Waals surface area contributed by atoms with Crippen molar-refractivity contribution in [1.29, 1.82) is 0 Å². The third-order valence-corrected chi connectivity index (χ3v) is 2.74. The van der Waals surface area contributed by atoms with E-state index in [0.29, 0.717) is 12.2 Å². The highest BCUT2D eigenvalue weighted by Gasteiger charge is 2.14. The van der Waals surface area contributed by atoms with Crippen LogP contribution in [0.15, 0.2) is 42.5 Å². The van der Waals surface area contributed by atoms with Crippen molar-refractivity contribution in [3.8, 4) is 11.5 Å². The minimum absolute atomic E-state index is 0.00632. The average molecular weight is 258 g/mol. The number of amides is 1. The number of rotatable bonds is 3. The van der Waals surface area contributed by atoms with Gasteiger partial charge in [-0.3, -0.25) is 4.79 Å².